The second kappa shape index (κ2) is 4.58. The van der Waals surface area contributed by atoms with E-state index in [1.165, 1.54) is 12.3 Å². The van der Waals surface area contributed by atoms with Gasteiger partial charge in [0.05, 0.1) is 5.56 Å². The van der Waals surface area contributed by atoms with Crippen molar-refractivity contribution in [3.05, 3.63) is 53.3 Å². The number of hydrogen-bond donors (Lipinski definition) is 0. The van der Waals surface area contributed by atoms with E-state index in [0.29, 0.717) is 5.56 Å². The van der Waals surface area contributed by atoms with Gasteiger partial charge in [-0.25, -0.2) is 13.8 Å². The molecule has 1 nitrogen and oxygen atoms in total. The first-order valence-electron chi connectivity index (χ1n) is 4.67. The van der Waals surface area contributed by atoms with E-state index in [2.05, 4.69) is 4.98 Å². The number of pyridine rings is 1. The van der Waals surface area contributed by atoms with Crippen LogP contribution >= 0.6 is 11.6 Å². The molecule has 1 aromatic heterocycles. The minimum absolute atomic E-state index is 0.144. The van der Waals surface area contributed by atoms with Crippen LogP contribution in [0.1, 0.15) is 12.0 Å². The monoisotopic (exact) mass is 239 g/mol. The number of hydrogen-bond acceptors (Lipinski definition) is 1. The quantitative estimate of drug-likeness (QED) is 0.711. The van der Waals surface area contributed by atoms with Gasteiger partial charge in [-0.3, -0.25) is 0 Å². The second-order valence-electron chi connectivity index (χ2n) is 3.27. The maximum atomic E-state index is 12.6. The van der Waals surface area contributed by atoms with Crippen molar-refractivity contribution in [3.8, 4) is 11.1 Å². The molecule has 4 heteroatoms. The summed E-state index contributed by atoms with van der Waals surface area (Å²) in [7, 11) is 0. The maximum Gasteiger partial charge on any atom is 0.266 e. The molecule has 1 heterocycles. The summed E-state index contributed by atoms with van der Waals surface area (Å²) in [5, 5.41) is -0.144. The predicted molar refractivity (Wildman–Crippen MR) is 59.6 cm³/mol. The Kier molecular flexibility index (Phi) is 3.15. The molecule has 0 aliphatic rings. The fourth-order valence-electron chi connectivity index (χ4n) is 1.41. The van der Waals surface area contributed by atoms with E-state index < -0.39 is 6.43 Å². The van der Waals surface area contributed by atoms with Gasteiger partial charge in [0, 0.05) is 11.8 Å². The predicted octanol–water partition coefficient (Wildman–Crippen LogP) is 4.34. The number of rotatable bonds is 2. The summed E-state index contributed by atoms with van der Waals surface area (Å²) in [5.74, 6) is 0. The van der Waals surface area contributed by atoms with Gasteiger partial charge < -0.3 is 0 Å². The molecule has 82 valence electrons. The molecule has 2 rings (SSSR count). The highest BCUT2D eigenvalue weighted by Crippen LogP contribution is 2.29. The fraction of sp³-hybridized carbons (Fsp3) is 0.0833. The van der Waals surface area contributed by atoms with Crippen LogP contribution in [0.4, 0.5) is 8.78 Å². The third kappa shape index (κ3) is 2.19. The van der Waals surface area contributed by atoms with Gasteiger partial charge in [-0.1, -0.05) is 41.9 Å². The number of aromatic nitrogens is 1. The Morgan fingerprint density at radius 3 is 2.38 bits per heavy atom. The summed E-state index contributed by atoms with van der Waals surface area (Å²) in [6.07, 6.45) is -1.12. The molecule has 0 saturated carbocycles. The Morgan fingerprint density at radius 1 is 1.06 bits per heavy atom. The van der Waals surface area contributed by atoms with Gasteiger partial charge in [0.1, 0.15) is 5.15 Å². The van der Waals surface area contributed by atoms with Crippen molar-refractivity contribution in [1.29, 1.82) is 0 Å². The molecule has 0 spiro atoms. The van der Waals surface area contributed by atoms with Crippen molar-refractivity contribution in [2.75, 3.05) is 0 Å². The first-order valence-corrected chi connectivity index (χ1v) is 5.05. The van der Waals surface area contributed by atoms with E-state index in [0.717, 1.165) is 5.56 Å². The summed E-state index contributed by atoms with van der Waals surface area (Å²) >= 11 is 5.59. The average Bonchev–Trinajstić information content (AvgIpc) is 2.30. The van der Waals surface area contributed by atoms with Gasteiger partial charge >= 0.3 is 0 Å². The topological polar surface area (TPSA) is 12.9 Å². The smallest absolute Gasteiger partial charge is 0.243 e. The van der Waals surface area contributed by atoms with Crippen LogP contribution in [0.15, 0.2) is 42.6 Å². The van der Waals surface area contributed by atoms with Crippen LogP contribution in [0.2, 0.25) is 5.15 Å². The number of benzene rings is 1. The molecule has 2 aromatic rings. The lowest BCUT2D eigenvalue weighted by molar-refractivity contribution is 0.151. The normalized spacial score (nSPS) is 10.8. The lowest BCUT2D eigenvalue weighted by Crippen LogP contribution is -1.90. The molecule has 0 saturated heterocycles. The summed E-state index contributed by atoms with van der Waals surface area (Å²) in [6, 6.07) is 10.6. The molecule has 0 unspecified atom stereocenters. The van der Waals surface area contributed by atoms with Crippen LogP contribution in [0.5, 0.6) is 0 Å². The van der Waals surface area contributed by atoms with Gasteiger partial charge in [0.25, 0.3) is 6.43 Å². The number of halogens is 3. The van der Waals surface area contributed by atoms with Gasteiger partial charge in [-0.15, -0.1) is 0 Å². The largest absolute Gasteiger partial charge is 0.266 e. The van der Waals surface area contributed by atoms with E-state index in [9.17, 15) is 8.78 Å². The SMILES string of the molecule is FC(F)c1cc(-c2ccccc2)cnc1Cl. The average molecular weight is 240 g/mol. The highest BCUT2D eigenvalue weighted by atomic mass is 35.5. The van der Waals surface area contributed by atoms with Crippen LogP contribution in [0, 0.1) is 0 Å². The Hall–Kier alpha value is -1.48. The molecule has 0 fully saturated rings. The Labute approximate surface area is 96.7 Å². The van der Waals surface area contributed by atoms with E-state index >= 15 is 0 Å². The van der Waals surface area contributed by atoms with E-state index in [1.807, 2.05) is 30.3 Å². The third-order valence-corrected chi connectivity index (χ3v) is 2.52. The third-order valence-electron chi connectivity index (χ3n) is 2.21. The zero-order chi connectivity index (χ0) is 11.5. The standard InChI is InChI=1S/C12H8ClF2N/c13-11-10(12(14)15)6-9(7-16-11)8-4-2-1-3-5-8/h1-7,12H. The molecule has 16 heavy (non-hydrogen) atoms. The molecule has 0 amide bonds. The summed E-state index contributed by atoms with van der Waals surface area (Å²) in [4.78, 5) is 3.76. The van der Waals surface area contributed by atoms with Gasteiger partial charge in [0.15, 0.2) is 0 Å². The van der Waals surface area contributed by atoms with Crippen molar-refractivity contribution in [3.63, 3.8) is 0 Å². The molecule has 0 aliphatic heterocycles. The van der Waals surface area contributed by atoms with E-state index in [-0.39, 0.29) is 10.7 Å². The van der Waals surface area contributed by atoms with Crippen LogP contribution < -0.4 is 0 Å². The lowest BCUT2D eigenvalue weighted by Gasteiger charge is -2.06. The molecule has 0 aliphatic carbocycles. The summed E-state index contributed by atoms with van der Waals surface area (Å²) < 4.78 is 25.2. The van der Waals surface area contributed by atoms with Gasteiger partial charge in [-0.2, -0.15) is 0 Å². The van der Waals surface area contributed by atoms with E-state index in [1.54, 1.807) is 0 Å². The maximum absolute atomic E-state index is 12.6. The molecule has 1 aromatic carbocycles. The van der Waals surface area contributed by atoms with Crippen molar-refractivity contribution >= 4 is 11.6 Å². The molecule has 0 N–H and O–H groups in total. The van der Waals surface area contributed by atoms with Crippen LogP contribution in [0.25, 0.3) is 11.1 Å². The molecule has 0 radical (unpaired) electrons. The van der Waals surface area contributed by atoms with Crippen LogP contribution in [-0.2, 0) is 0 Å². The van der Waals surface area contributed by atoms with Crippen molar-refractivity contribution in [1.82, 2.24) is 4.98 Å². The second-order valence-corrected chi connectivity index (χ2v) is 3.63. The van der Waals surface area contributed by atoms with Gasteiger partial charge in [0.2, 0.25) is 0 Å². The number of alkyl halides is 2. The summed E-state index contributed by atoms with van der Waals surface area (Å²) in [5.41, 5.74) is 1.25. The summed E-state index contributed by atoms with van der Waals surface area (Å²) in [6.45, 7) is 0. The molecule has 0 bridgehead atoms. The first-order chi connectivity index (χ1) is 7.68. The Morgan fingerprint density at radius 2 is 1.75 bits per heavy atom. The molecular weight excluding hydrogens is 232 g/mol. The highest BCUT2D eigenvalue weighted by Gasteiger charge is 2.14. The zero-order valence-electron chi connectivity index (χ0n) is 8.20. The fourth-order valence-corrected chi connectivity index (χ4v) is 1.59. The molecular formula is C12H8ClF2N. The van der Waals surface area contributed by atoms with E-state index in [4.69, 9.17) is 11.6 Å². The van der Waals surface area contributed by atoms with Gasteiger partial charge in [-0.05, 0) is 11.6 Å². The molecule has 0 atom stereocenters. The number of nitrogens with zero attached hydrogens (tertiary/aromatic N) is 1. The first kappa shape index (κ1) is 11.0. The van der Waals surface area contributed by atoms with Crippen LogP contribution in [-0.4, -0.2) is 4.98 Å². The van der Waals surface area contributed by atoms with Crippen molar-refractivity contribution in [2.45, 2.75) is 6.43 Å². The minimum atomic E-state index is -2.61. The lowest BCUT2D eigenvalue weighted by atomic mass is 10.1. The highest BCUT2D eigenvalue weighted by molar-refractivity contribution is 6.30. The van der Waals surface area contributed by atoms with Crippen molar-refractivity contribution in [2.24, 2.45) is 0 Å². The minimum Gasteiger partial charge on any atom is -0.243 e. The Bertz CT molecular complexity index is 486. The van der Waals surface area contributed by atoms with Crippen LogP contribution in [0.3, 0.4) is 0 Å². The zero-order valence-corrected chi connectivity index (χ0v) is 8.96. The van der Waals surface area contributed by atoms with Crippen molar-refractivity contribution < 1.29 is 8.78 Å². The Balaban J connectivity index is 2.48.